The van der Waals surface area contributed by atoms with Crippen LogP contribution in [0.1, 0.15) is 43.6 Å². The summed E-state index contributed by atoms with van der Waals surface area (Å²) in [6, 6.07) is 12.3. The number of amides is 1. The molecule has 0 aromatic heterocycles. The van der Waals surface area contributed by atoms with Crippen molar-refractivity contribution in [3.05, 3.63) is 53.6 Å². The molecule has 0 unspecified atom stereocenters. The number of carbonyl (C=O) groups excluding carboxylic acids is 1. The van der Waals surface area contributed by atoms with Crippen molar-refractivity contribution in [2.24, 2.45) is 0 Å². The van der Waals surface area contributed by atoms with Gasteiger partial charge in [0.2, 0.25) is 10.0 Å². The predicted octanol–water partition coefficient (Wildman–Crippen LogP) is 4.12. The maximum Gasteiger partial charge on any atom is 0.255 e. The number of sulfonamides is 1. The lowest BCUT2D eigenvalue weighted by atomic mass is 10.1. The van der Waals surface area contributed by atoms with Crippen LogP contribution in [0.2, 0.25) is 0 Å². The highest BCUT2D eigenvalue weighted by atomic mass is 32.2. The van der Waals surface area contributed by atoms with Gasteiger partial charge in [-0.2, -0.15) is 4.31 Å². The molecule has 0 aliphatic carbocycles. The molecule has 0 heterocycles. The number of carbonyl (C=O) groups is 1. The summed E-state index contributed by atoms with van der Waals surface area (Å²) in [5.74, 6) is -0.256. The molecule has 0 bridgehead atoms. The summed E-state index contributed by atoms with van der Waals surface area (Å²) < 4.78 is 27.4. The average molecular weight is 418 g/mol. The summed E-state index contributed by atoms with van der Waals surface area (Å²) in [7, 11) is -3.62. The van der Waals surface area contributed by atoms with Crippen LogP contribution < -0.4 is 10.2 Å². The summed E-state index contributed by atoms with van der Waals surface area (Å²) >= 11 is 0. The maximum absolute atomic E-state index is 13.0. The molecule has 0 fully saturated rings. The fraction of sp³-hybridized carbons (Fsp3) is 0.409. The van der Waals surface area contributed by atoms with Crippen LogP contribution in [0.25, 0.3) is 0 Å². The van der Waals surface area contributed by atoms with Crippen LogP contribution in [-0.2, 0) is 10.0 Å². The molecule has 29 heavy (non-hydrogen) atoms. The van der Waals surface area contributed by atoms with Crippen molar-refractivity contribution in [1.29, 1.82) is 0 Å². The largest absolute Gasteiger partial charge is 0.370 e. The molecule has 2 rings (SSSR count). The van der Waals surface area contributed by atoms with Crippen LogP contribution in [0.15, 0.2) is 47.4 Å². The van der Waals surface area contributed by atoms with Gasteiger partial charge in [-0.05, 0) is 50.6 Å². The van der Waals surface area contributed by atoms with E-state index < -0.39 is 10.0 Å². The van der Waals surface area contributed by atoms with Crippen molar-refractivity contribution in [3.63, 3.8) is 0 Å². The predicted molar refractivity (Wildman–Crippen MR) is 119 cm³/mol. The molecule has 1 amide bonds. The lowest BCUT2D eigenvalue weighted by molar-refractivity contribution is 0.102. The molecule has 2 aromatic rings. The van der Waals surface area contributed by atoms with Gasteiger partial charge in [0.25, 0.3) is 5.91 Å². The number of aryl methyl sites for hydroxylation is 1. The van der Waals surface area contributed by atoms with E-state index in [0.29, 0.717) is 24.3 Å². The number of nitrogens with zero attached hydrogens (tertiary/aromatic N) is 2. The molecule has 158 valence electrons. The number of benzene rings is 2. The number of anilines is 2. The molecule has 0 saturated heterocycles. The lowest BCUT2D eigenvalue weighted by Crippen LogP contribution is -2.31. The highest BCUT2D eigenvalue weighted by Crippen LogP contribution is 2.31. The first kappa shape index (κ1) is 22.9. The molecular formula is C22H31N3O3S. The Labute approximate surface area is 174 Å². The monoisotopic (exact) mass is 417 g/mol. The number of rotatable bonds is 9. The highest BCUT2D eigenvalue weighted by Gasteiger charge is 2.24. The molecule has 0 aliphatic rings. The van der Waals surface area contributed by atoms with Gasteiger partial charge < -0.3 is 10.2 Å². The molecule has 6 nitrogen and oxygen atoms in total. The number of hydrogen-bond acceptors (Lipinski definition) is 4. The molecular weight excluding hydrogens is 386 g/mol. The maximum atomic E-state index is 13.0. The summed E-state index contributed by atoms with van der Waals surface area (Å²) in [5.41, 5.74) is 2.72. The third-order valence-electron chi connectivity index (χ3n) is 5.05. The zero-order valence-corrected chi connectivity index (χ0v) is 18.7. The molecule has 0 saturated carbocycles. The molecule has 1 N–H and O–H groups in total. The Morgan fingerprint density at radius 2 is 1.55 bits per heavy atom. The van der Waals surface area contributed by atoms with Crippen molar-refractivity contribution < 1.29 is 13.2 Å². The van der Waals surface area contributed by atoms with Gasteiger partial charge in [0.15, 0.2) is 0 Å². The quantitative estimate of drug-likeness (QED) is 0.666. The number of hydrogen-bond donors (Lipinski definition) is 1. The van der Waals surface area contributed by atoms with E-state index in [4.69, 9.17) is 0 Å². The average Bonchev–Trinajstić information content (AvgIpc) is 2.70. The zero-order valence-electron chi connectivity index (χ0n) is 17.9. The molecule has 0 atom stereocenters. The standard InChI is InChI=1S/C22H31N3O3S/c1-6-24(7-2)21-15-14-18(29(27,28)25(8-3)9-4)16-20(21)23-22(26)19-13-11-10-12-17(19)5/h10-16H,6-9H2,1-5H3,(H,23,26). The fourth-order valence-corrected chi connectivity index (χ4v) is 4.83. The third-order valence-corrected chi connectivity index (χ3v) is 7.10. The first-order valence-corrected chi connectivity index (χ1v) is 11.5. The smallest absolute Gasteiger partial charge is 0.255 e. The van der Waals surface area contributed by atoms with Gasteiger partial charge >= 0.3 is 0 Å². The second kappa shape index (κ2) is 9.89. The second-order valence-electron chi connectivity index (χ2n) is 6.71. The van der Waals surface area contributed by atoms with E-state index in [9.17, 15) is 13.2 Å². The van der Waals surface area contributed by atoms with Gasteiger partial charge in [0, 0.05) is 31.7 Å². The SMILES string of the molecule is CCN(CC)c1ccc(S(=O)(=O)N(CC)CC)cc1NC(=O)c1ccccc1C. The van der Waals surface area contributed by atoms with Gasteiger partial charge in [-0.1, -0.05) is 32.0 Å². The van der Waals surface area contributed by atoms with E-state index in [1.54, 1.807) is 24.3 Å². The Kier molecular flexibility index (Phi) is 7.81. The van der Waals surface area contributed by atoms with Gasteiger partial charge in [0.05, 0.1) is 16.3 Å². The van der Waals surface area contributed by atoms with Crippen molar-refractivity contribution in [2.75, 3.05) is 36.4 Å². The van der Waals surface area contributed by atoms with Gasteiger partial charge in [-0.25, -0.2) is 8.42 Å². The minimum Gasteiger partial charge on any atom is -0.370 e. The van der Waals surface area contributed by atoms with E-state index in [1.807, 2.05) is 52.8 Å². The van der Waals surface area contributed by atoms with E-state index in [2.05, 4.69) is 10.2 Å². The van der Waals surface area contributed by atoms with Crippen molar-refractivity contribution in [2.45, 2.75) is 39.5 Å². The fourth-order valence-electron chi connectivity index (χ4n) is 3.35. The zero-order chi connectivity index (χ0) is 21.6. The van der Waals surface area contributed by atoms with Gasteiger partial charge in [-0.15, -0.1) is 0 Å². The van der Waals surface area contributed by atoms with Crippen LogP contribution in [0.3, 0.4) is 0 Å². The number of nitrogens with one attached hydrogen (secondary N) is 1. The van der Waals surface area contributed by atoms with Crippen LogP contribution in [0.4, 0.5) is 11.4 Å². The molecule has 0 spiro atoms. The van der Waals surface area contributed by atoms with E-state index in [1.165, 1.54) is 4.31 Å². The van der Waals surface area contributed by atoms with Gasteiger partial charge in [0.1, 0.15) is 0 Å². The van der Waals surface area contributed by atoms with Crippen LogP contribution in [-0.4, -0.2) is 44.8 Å². The normalized spacial score (nSPS) is 11.5. The minimum absolute atomic E-state index is 0.178. The van der Waals surface area contributed by atoms with E-state index in [0.717, 1.165) is 24.3 Å². The topological polar surface area (TPSA) is 69.7 Å². The first-order valence-electron chi connectivity index (χ1n) is 10.1. The Bertz CT molecular complexity index is 950. The van der Waals surface area contributed by atoms with Crippen molar-refractivity contribution >= 4 is 27.3 Å². The third kappa shape index (κ3) is 4.97. The minimum atomic E-state index is -3.62. The van der Waals surface area contributed by atoms with Crippen LogP contribution in [0, 0.1) is 6.92 Å². The van der Waals surface area contributed by atoms with Crippen LogP contribution >= 0.6 is 0 Å². The summed E-state index contributed by atoms with van der Waals surface area (Å²) in [6.45, 7) is 11.8. The Balaban J connectivity index is 2.54. The van der Waals surface area contributed by atoms with E-state index >= 15 is 0 Å². The van der Waals surface area contributed by atoms with Gasteiger partial charge in [-0.3, -0.25) is 4.79 Å². The molecule has 2 aromatic carbocycles. The summed E-state index contributed by atoms with van der Waals surface area (Å²) in [4.78, 5) is 15.2. The van der Waals surface area contributed by atoms with Crippen molar-refractivity contribution in [1.82, 2.24) is 4.31 Å². The summed E-state index contributed by atoms with van der Waals surface area (Å²) in [6.07, 6.45) is 0. The molecule has 7 heteroatoms. The Morgan fingerprint density at radius 3 is 2.10 bits per heavy atom. The first-order chi connectivity index (χ1) is 13.8. The highest BCUT2D eigenvalue weighted by molar-refractivity contribution is 7.89. The van der Waals surface area contributed by atoms with E-state index in [-0.39, 0.29) is 10.8 Å². The summed E-state index contributed by atoms with van der Waals surface area (Å²) in [5, 5.41) is 2.94. The molecule has 0 aliphatic heterocycles. The Hall–Kier alpha value is -2.38. The van der Waals surface area contributed by atoms with Crippen LogP contribution in [0.5, 0.6) is 0 Å². The molecule has 0 radical (unpaired) electrons. The lowest BCUT2D eigenvalue weighted by Gasteiger charge is -2.26. The van der Waals surface area contributed by atoms with Crippen molar-refractivity contribution in [3.8, 4) is 0 Å². The Morgan fingerprint density at radius 1 is 0.931 bits per heavy atom. The second-order valence-corrected chi connectivity index (χ2v) is 8.65.